The van der Waals surface area contributed by atoms with Crippen LogP contribution < -0.4 is 0 Å². The Labute approximate surface area is 159 Å². The second kappa shape index (κ2) is 8.68. The van der Waals surface area contributed by atoms with Gasteiger partial charge in [-0.2, -0.15) is 0 Å². The molecule has 0 heterocycles. The number of aliphatic hydroxyl groups is 1. The fourth-order valence-corrected chi connectivity index (χ4v) is 5.34. The van der Waals surface area contributed by atoms with Crippen LogP contribution in [0.25, 0.3) is 10.8 Å². The summed E-state index contributed by atoms with van der Waals surface area (Å²) in [5.74, 6) is -1.15. The van der Waals surface area contributed by atoms with Crippen molar-refractivity contribution >= 4 is 37.1 Å². The summed E-state index contributed by atoms with van der Waals surface area (Å²) in [6, 6.07) is 23.8. The van der Waals surface area contributed by atoms with Gasteiger partial charge in [0.25, 0.3) is 0 Å². The smallest absolute Gasteiger partial charge is 0.336 e. The number of rotatable bonds is 8. The molecule has 2 N–H and O–H groups in total. The molecule has 0 saturated heterocycles. The number of aliphatic carboxylic acids is 1. The molecule has 0 aliphatic heterocycles. The van der Waals surface area contributed by atoms with E-state index in [0.29, 0.717) is 8.58 Å². The summed E-state index contributed by atoms with van der Waals surface area (Å²) in [5.41, 5.74) is -0.0729. The van der Waals surface area contributed by atoms with Crippen molar-refractivity contribution in [2.75, 3.05) is 11.7 Å². The first-order valence-corrected chi connectivity index (χ1v) is 10.8. The van der Waals surface area contributed by atoms with Crippen molar-refractivity contribution in [3.05, 3.63) is 78.4 Å². The highest BCUT2D eigenvalue weighted by Crippen LogP contribution is 2.31. The van der Waals surface area contributed by atoms with Gasteiger partial charge in [0, 0.05) is 23.0 Å². The molecule has 26 heavy (non-hydrogen) atoms. The summed E-state index contributed by atoms with van der Waals surface area (Å²) < 4.78 is 0. The zero-order valence-corrected chi connectivity index (χ0v) is 16.1. The lowest BCUT2D eigenvalue weighted by molar-refractivity contribution is -0.155. The standard InChI is InChI=1S/C21H21O3PS/c22-20(23)21(24,13-16-6-2-1-3-7-16)14-25-15-26-19-11-10-17-8-4-5-9-18(17)12-19/h1-12,24-25H,13-15H2,(H,22,23). The van der Waals surface area contributed by atoms with Gasteiger partial charge in [0.2, 0.25) is 0 Å². The highest BCUT2D eigenvalue weighted by Gasteiger charge is 2.35. The lowest BCUT2D eigenvalue weighted by atomic mass is 9.97. The molecule has 134 valence electrons. The van der Waals surface area contributed by atoms with Crippen LogP contribution >= 0.6 is 20.3 Å². The Hall–Kier alpha value is -1.87. The van der Waals surface area contributed by atoms with Crippen LogP contribution in [0, 0.1) is 0 Å². The number of hydrogen-bond acceptors (Lipinski definition) is 3. The molecule has 0 aliphatic carbocycles. The third-order valence-electron chi connectivity index (χ3n) is 4.22. The summed E-state index contributed by atoms with van der Waals surface area (Å²) in [5, 5.41) is 22.5. The molecule has 3 nitrogen and oxygen atoms in total. The SMILES string of the molecule is O=C(O)C(O)(CPCSc1ccc2ccccc2c1)Cc1ccccc1. The van der Waals surface area contributed by atoms with Crippen molar-refractivity contribution in [3.8, 4) is 0 Å². The van der Waals surface area contributed by atoms with Crippen LogP contribution in [-0.2, 0) is 11.2 Å². The molecule has 2 unspecified atom stereocenters. The van der Waals surface area contributed by atoms with Crippen LogP contribution in [0.3, 0.4) is 0 Å². The van der Waals surface area contributed by atoms with Gasteiger partial charge >= 0.3 is 5.97 Å². The van der Waals surface area contributed by atoms with Crippen molar-refractivity contribution in [2.24, 2.45) is 0 Å². The molecule has 3 aromatic carbocycles. The Kier molecular flexibility index (Phi) is 6.31. The van der Waals surface area contributed by atoms with Gasteiger partial charge in [-0.1, -0.05) is 60.7 Å². The van der Waals surface area contributed by atoms with E-state index in [0.717, 1.165) is 16.0 Å². The topological polar surface area (TPSA) is 57.5 Å². The van der Waals surface area contributed by atoms with Gasteiger partial charge in [0.1, 0.15) is 0 Å². The number of carbonyl (C=O) groups is 1. The fourth-order valence-electron chi connectivity index (χ4n) is 2.80. The number of benzene rings is 3. The van der Waals surface area contributed by atoms with Crippen molar-refractivity contribution in [3.63, 3.8) is 0 Å². The Morgan fingerprint density at radius 3 is 2.38 bits per heavy atom. The van der Waals surface area contributed by atoms with E-state index in [9.17, 15) is 15.0 Å². The Morgan fingerprint density at radius 2 is 1.65 bits per heavy atom. The first kappa shape index (κ1) is 18.9. The van der Waals surface area contributed by atoms with E-state index in [1.807, 2.05) is 42.5 Å². The van der Waals surface area contributed by atoms with Crippen LogP contribution in [0.1, 0.15) is 5.56 Å². The number of fused-ring (bicyclic) bond motifs is 1. The van der Waals surface area contributed by atoms with Gasteiger partial charge in [-0.25, -0.2) is 4.79 Å². The van der Waals surface area contributed by atoms with Crippen LogP contribution in [0.4, 0.5) is 0 Å². The fraction of sp³-hybridized carbons (Fsp3) is 0.190. The normalized spacial score (nSPS) is 13.9. The second-order valence-electron chi connectivity index (χ2n) is 6.22. The molecular weight excluding hydrogens is 363 g/mol. The highest BCUT2D eigenvalue weighted by atomic mass is 32.2. The summed E-state index contributed by atoms with van der Waals surface area (Å²) in [4.78, 5) is 12.7. The average Bonchev–Trinajstić information content (AvgIpc) is 2.66. The first-order valence-electron chi connectivity index (χ1n) is 8.39. The maximum atomic E-state index is 11.6. The summed E-state index contributed by atoms with van der Waals surface area (Å²) >= 11 is 1.70. The molecule has 0 aliphatic rings. The number of carboxylic acid groups (broad SMARTS) is 1. The molecule has 0 spiro atoms. The predicted molar refractivity (Wildman–Crippen MR) is 111 cm³/mol. The zero-order chi connectivity index (χ0) is 18.4. The van der Waals surface area contributed by atoms with E-state index in [2.05, 4.69) is 30.3 Å². The molecule has 0 radical (unpaired) electrons. The molecule has 0 amide bonds. The Morgan fingerprint density at radius 1 is 0.962 bits per heavy atom. The summed E-state index contributed by atoms with van der Waals surface area (Å²) in [6.45, 7) is 0. The third-order valence-corrected chi connectivity index (χ3v) is 7.03. The number of carboxylic acids is 1. The molecule has 2 atom stereocenters. The highest BCUT2D eigenvalue weighted by molar-refractivity contribution is 8.03. The van der Waals surface area contributed by atoms with Crippen LogP contribution in [-0.4, -0.2) is 33.4 Å². The van der Waals surface area contributed by atoms with E-state index < -0.39 is 11.6 Å². The van der Waals surface area contributed by atoms with Gasteiger partial charge in [-0.15, -0.1) is 20.3 Å². The summed E-state index contributed by atoms with van der Waals surface area (Å²) in [6.07, 6.45) is 0.397. The minimum atomic E-state index is -1.70. The summed E-state index contributed by atoms with van der Waals surface area (Å²) in [7, 11) is 0.363. The van der Waals surface area contributed by atoms with E-state index in [4.69, 9.17) is 0 Å². The van der Waals surface area contributed by atoms with E-state index in [-0.39, 0.29) is 12.6 Å². The molecule has 5 heteroatoms. The lowest BCUT2D eigenvalue weighted by Gasteiger charge is -2.23. The van der Waals surface area contributed by atoms with Gasteiger partial charge in [0.15, 0.2) is 5.60 Å². The van der Waals surface area contributed by atoms with Crippen molar-refractivity contribution in [1.29, 1.82) is 0 Å². The molecule has 0 saturated carbocycles. The lowest BCUT2D eigenvalue weighted by Crippen LogP contribution is -2.43. The Balaban J connectivity index is 1.56. The minimum absolute atomic E-state index is 0.136. The maximum absolute atomic E-state index is 11.6. The maximum Gasteiger partial charge on any atom is 0.336 e. The molecule has 0 fully saturated rings. The monoisotopic (exact) mass is 384 g/mol. The predicted octanol–water partition coefficient (Wildman–Crippen LogP) is 4.63. The van der Waals surface area contributed by atoms with Crippen molar-refractivity contribution in [1.82, 2.24) is 0 Å². The minimum Gasteiger partial charge on any atom is -0.479 e. The van der Waals surface area contributed by atoms with Gasteiger partial charge < -0.3 is 10.2 Å². The first-order chi connectivity index (χ1) is 12.6. The molecule has 0 bridgehead atoms. The van der Waals surface area contributed by atoms with Crippen LogP contribution in [0.2, 0.25) is 0 Å². The van der Waals surface area contributed by atoms with E-state index in [1.165, 1.54) is 10.8 Å². The van der Waals surface area contributed by atoms with E-state index in [1.54, 1.807) is 11.8 Å². The van der Waals surface area contributed by atoms with Crippen LogP contribution in [0.15, 0.2) is 77.7 Å². The molecule has 0 aromatic heterocycles. The molecule has 3 rings (SSSR count). The average molecular weight is 384 g/mol. The van der Waals surface area contributed by atoms with Crippen molar-refractivity contribution < 1.29 is 15.0 Å². The molecular formula is C21H21O3PS. The number of hydrogen-bond donors (Lipinski definition) is 2. The van der Waals surface area contributed by atoms with Crippen LogP contribution in [0.5, 0.6) is 0 Å². The Bertz CT molecular complexity index is 885. The second-order valence-corrected chi connectivity index (χ2v) is 8.99. The quantitative estimate of drug-likeness (QED) is 0.338. The van der Waals surface area contributed by atoms with Gasteiger partial charge in [-0.3, -0.25) is 0 Å². The van der Waals surface area contributed by atoms with Crippen molar-refractivity contribution in [2.45, 2.75) is 16.9 Å². The van der Waals surface area contributed by atoms with Gasteiger partial charge in [-0.05, 0) is 28.5 Å². The van der Waals surface area contributed by atoms with Gasteiger partial charge in [0.05, 0.1) is 0 Å². The molecule has 3 aromatic rings. The largest absolute Gasteiger partial charge is 0.479 e. The zero-order valence-electron chi connectivity index (χ0n) is 14.3. The number of thioether (sulfide) groups is 1. The third kappa shape index (κ3) is 4.85. The van der Waals surface area contributed by atoms with E-state index >= 15 is 0 Å².